The third kappa shape index (κ3) is 8.57. The number of hydrogen-bond donors (Lipinski definition) is 0. The Labute approximate surface area is 414 Å². The van der Waals surface area contributed by atoms with Gasteiger partial charge in [0, 0.05) is 44.3 Å². The van der Waals surface area contributed by atoms with Crippen LogP contribution in [-0.2, 0) is 37.3 Å². The van der Waals surface area contributed by atoms with Crippen LogP contribution in [-0.4, -0.2) is 14.1 Å². The molecule has 0 saturated carbocycles. The summed E-state index contributed by atoms with van der Waals surface area (Å²) in [6.07, 6.45) is 5.69. The molecule has 7 aromatic carbocycles. The van der Waals surface area contributed by atoms with Crippen molar-refractivity contribution in [2.75, 3.05) is 0 Å². The SMILES string of the molecule is CC(C)(C)c1cc(-c2cccc(-c3cccc(C#N)c3)c2-[n+]2[c-]n(-c3[c-]c(Oc4[c-]c5c(cc4)c4ccccc4n5-c4cc(C(C)(C)C)ccn4)ccc3)c3ccccc32)cc(C(C)(C)C)c1.[Pt]. The summed E-state index contributed by atoms with van der Waals surface area (Å²) in [4.78, 5) is 4.86. The molecule has 10 rings (SSSR count). The quantitative estimate of drug-likeness (QED) is 0.118. The van der Waals surface area contributed by atoms with Gasteiger partial charge in [-0.05, 0) is 96.6 Å². The van der Waals surface area contributed by atoms with E-state index in [-0.39, 0.29) is 37.3 Å². The van der Waals surface area contributed by atoms with E-state index in [4.69, 9.17) is 9.72 Å². The molecule has 0 radical (unpaired) electrons. The summed E-state index contributed by atoms with van der Waals surface area (Å²) >= 11 is 0. The summed E-state index contributed by atoms with van der Waals surface area (Å²) in [6, 6.07) is 62.0. The predicted octanol–water partition coefficient (Wildman–Crippen LogP) is 14.7. The van der Waals surface area contributed by atoms with Gasteiger partial charge in [-0.3, -0.25) is 4.57 Å². The first kappa shape index (κ1) is 46.1. The van der Waals surface area contributed by atoms with Gasteiger partial charge in [-0.2, -0.15) is 23.5 Å². The maximum atomic E-state index is 10.0. The van der Waals surface area contributed by atoms with Crippen LogP contribution in [0.1, 0.15) is 84.6 Å². The van der Waals surface area contributed by atoms with Gasteiger partial charge in [0.25, 0.3) is 6.33 Å². The Hall–Kier alpha value is -7.06. The molecule has 0 atom stereocenters. The van der Waals surface area contributed by atoms with Crippen LogP contribution < -0.4 is 9.30 Å². The van der Waals surface area contributed by atoms with Crippen molar-refractivity contribution in [3.8, 4) is 57.0 Å². The van der Waals surface area contributed by atoms with Crippen LogP contribution in [0, 0.1) is 29.8 Å². The van der Waals surface area contributed by atoms with E-state index in [2.05, 4.69) is 210 Å². The second kappa shape index (κ2) is 17.5. The average molecular weight is 1070 g/mol. The maximum Gasteiger partial charge on any atom is 0.268 e. The Morgan fingerprint density at radius 2 is 1.22 bits per heavy atom. The number of ether oxygens (including phenoxy) is 1. The van der Waals surface area contributed by atoms with E-state index in [1.807, 2.05) is 48.7 Å². The Morgan fingerprint density at radius 1 is 0.574 bits per heavy atom. The molecule has 0 bridgehead atoms. The van der Waals surface area contributed by atoms with E-state index >= 15 is 0 Å². The Bertz CT molecular complexity index is 3550. The Balaban J connectivity index is 0.00000578. The number of nitriles is 1. The zero-order valence-electron chi connectivity index (χ0n) is 40.0. The van der Waals surface area contributed by atoms with Crippen LogP contribution in [0.3, 0.4) is 0 Å². The molecule has 0 aliphatic carbocycles. The number of imidazole rings is 1. The van der Waals surface area contributed by atoms with Crippen molar-refractivity contribution in [2.24, 2.45) is 0 Å². The summed E-state index contributed by atoms with van der Waals surface area (Å²) in [7, 11) is 0. The summed E-state index contributed by atoms with van der Waals surface area (Å²) in [6.45, 7) is 20.3. The van der Waals surface area contributed by atoms with Crippen LogP contribution in [0.2, 0.25) is 0 Å². The second-order valence-electron chi connectivity index (χ2n) is 20.5. The molecule has 6 nitrogen and oxygen atoms in total. The van der Waals surface area contributed by atoms with Gasteiger partial charge in [-0.15, -0.1) is 29.7 Å². The van der Waals surface area contributed by atoms with E-state index in [0.29, 0.717) is 17.1 Å². The fourth-order valence-electron chi connectivity index (χ4n) is 8.98. The predicted molar refractivity (Wildman–Crippen MR) is 272 cm³/mol. The number of para-hydroxylation sites is 4. The molecule has 0 unspecified atom stereocenters. The minimum Gasteiger partial charge on any atom is -0.510 e. The van der Waals surface area contributed by atoms with Crippen LogP contribution in [0.25, 0.3) is 72.3 Å². The number of pyridine rings is 1. The molecule has 0 saturated heterocycles. The normalized spacial score (nSPS) is 12.1. The molecule has 0 amide bonds. The first-order valence-corrected chi connectivity index (χ1v) is 22.9. The fraction of sp³-hybridized carbons (Fsp3) is 0.197. The maximum absolute atomic E-state index is 10.0. The van der Waals surface area contributed by atoms with Gasteiger partial charge < -0.3 is 13.9 Å². The molecule has 0 aliphatic heterocycles. The summed E-state index contributed by atoms with van der Waals surface area (Å²) in [5.41, 5.74) is 13.8. The van der Waals surface area contributed by atoms with E-state index in [9.17, 15) is 5.26 Å². The molecule has 0 N–H and O–H groups in total. The fourth-order valence-corrected chi connectivity index (χ4v) is 8.98. The van der Waals surface area contributed by atoms with Crippen LogP contribution >= 0.6 is 0 Å². The molecule has 3 aromatic heterocycles. The van der Waals surface area contributed by atoms with Gasteiger partial charge in [0.2, 0.25) is 0 Å². The number of aromatic nitrogens is 4. The molecular formula is C61H53N5OPt-2. The van der Waals surface area contributed by atoms with Crippen molar-refractivity contribution in [1.82, 2.24) is 14.1 Å². The molecule has 0 aliphatic rings. The van der Waals surface area contributed by atoms with Crippen molar-refractivity contribution in [3.05, 3.63) is 199 Å². The van der Waals surface area contributed by atoms with Crippen LogP contribution in [0.4, 0.5) is 0 Å². The number of nitrogens with zero attached hydrogens (tertiary/aromatic N) is 5. The Kier molecular flexibility index (Phi) is 11.9. The van der Waals surface area contributed by atoms with Gasteiger partial charge >= 0.3 is 0 Å². The van der Waals surface area contributed by atoms with E-state index in [1.165, 1.54) is 16.7 Å². The minimum atomic E-state index is -0.0791. The first-order valence-electron chi connectivity index (χ1n) is 22.9. The number of benzene rings is 7. The van der Waals surface area contributed by atoms with Crippen molar-refractivity contribution in [1.29, 1.82) is 5.26 Å². The Morgan fingerprint density at radius 3 is 1.94 bits per heavy atom. The molecule has 7 heteroatoms. The third-order valence-corrected chi connectivity index (χ3v) is 12.7. The van der Waals surface area contributed by atoms with Crippen molar-refractivity contribution >= 4 is 32.8 Å². The van der Waals surface area contributed by atoms with Gasteiger partial charge in [-0.1, -0.05) is 159 Å². The third-order valence-electron chi connectivity index (χ3n) is 12.7. The zero-order valence-corrected chi connectivity index (χ0v) is 42.2. The van der Waals surface area contributed by atoms with Crippen LogP contribution in [0.5, 0.6) is 11.5 Å². The zero-order chi connectivity index (χ0) is 46.8. The summed E-state index contributed by atoms with van der Waals surface area (Å²) in [5.74, 6) is 1.95. The molecule has 68 heavy (non-hydrogen) atoms. The van der Waals surface area contributed by atoms with Gasteiger partial charge in [0.15, 0.2) is 0 Å². The topological polar surface area (TPSA) is 59.6 Å². The number of fused-ring (bicyclic) bond motifs is 4. The minimum absolute atomic E-state index is 0. The largest absolute Gasteiger partial charge is 0.510 e. The monoisotopic (exact) mass is 1070 g/mol. The van der Waals surface area contributed by atoms with E-state index < -0.39 is 0 Å². The van der Waals surface area contributed by atoms with E-state index in [1.54, 1.807) is 0 Å². The van der Waals surface area contributed by atoms with E-state index in [0.717, 1.165) is 72.3 Å². The molecule has 3 heterocycles. The van der Waals surface area contributed by atoms with Crippen LogP contribution in [0.15, 0.2) is 158 Å². The molecule has 340 valence electrons. The van der Waals surface area contributed by atoms with Crippen molar-refractivity contribution < 1.29 is 30.4 Å². The van der Waals surface area contributed by atoms with Gasteiger partial charge in [-0.25, -0.2) is 4.98 Å². The molecular weight excluding hydrogens is 1010 g/mol. The molecule has 10 aromatic rings. The smallest absolute Gasteiger partial charge is 0.268 e. The summed E-state index contributed by atoms with van der Waals surface area (Å²) < 4.78 is 13.1. The van der Waals surface area contributed by atoms with Crippen molar-refractivity contribution in [2.45, 2.75) is 78.6 Å². The number of rotatable bonds is 7. The standard InChI is InChI=1S/C61H53N5O.Pt/c1-59(2,3)43-29-30-63-57(35-43)66-53-24-11-10-21-51(53)52-28-27-48(37-56(52)66)67-47-20-15-19-46(36-47)64-39-65(55-26-13-12-25-54(55)64)58-49(41-18-14-17-40(31-41)38-62)22-16-23-50(58)42-32-44(60(4,5)6)34-45(33-42)61(7,8)9;/h10-35H,1-9H3;/q-2;. The molecule has 0 spiro atoms. The van der Waals surface area contributed by atoms with Gasteiger partial charge in [0.05, 0.1) is 28.4 Å². The van der Waals surface area contributed by atoms with Gasteiger partial charge in [0.1, 0.15) is 5.82 Å². The average Bonchev–Trinajstić information content (AvgIpc) is 3.86. The van der Waals surface area contributed by atoms with Crippen molar-refractivity contribution in [3.63, 3.8) is 0 Å². The molecule has 0 fully saturated rings. The number of hydrogen-bond acceptors (Lipinski definition) is 3. The summed E-state index contributed by atoms with van der Waals surface area (Å²) in [5, 5.41) is 12.2. The second-order valence-corrected chi connectivity index (χ2v) is 20.5. The first-order chi connectivity index (χ1) is 32.0.